The smallest absolute Gasteiger partial charge is 0.457 e. The zero-order chi connectivity index (χ0) is 31.2. The van der Waals surface area contributed by atoms with E-state index < -0.39 is 39.2 Å². The molecule has 250 valence electrons. The number of aliphatic hydroxyl groups is 2. The molecular formula is C32H63O9P. The van der Waals surface area contributed by atoms with Crippen LogP contribution in [0, 0.1) is 0 Å². The summed E-state index contributed by atoms with van der Waals surface area (Å²) >= 11 is 0. The maximum absolute atomic E-state index is 12.4. The van der Waals surface area contributed by atoms with Crippen molar-refractivity contribution in [2.24, 2.45) is 0 Å². The largest absolute Gasteiger partial charge is 0.472 e. The second kappa shape index (κ2) is 30.2. The molecule has 3 atom stereocenters. The summed E-state index contributed by atoms with van der Waals surface area (Å²) in [4.78, 5) is 22.3. The number of allylic oxidation sites excluding steroid dienone is 2. The number of phosphoric ester groups is 1. The lowest BCUT2D eigenvalue weighted by Crippen LogP contribution is -2.29. The average molecular weight is 623 g/mol. The van der Waals surface area contributed by atoms with Crippen molar-refractivity contribution in [3.63, 3.8) is 0 Å². The van der Waals surface area contributed by atoms with Gasteiger partial charge in [0.15, 0.2) is 0 Å². The van der Waals surface area contributed by atoms with Crippen molar-refractivity contribution in [1.82, 2.24) is 0 Å². The van der Waals surface area contributed by atoms with E-state index in [0.717, 1.165) is 57.8 Å². The fourth-order valence-electron chi connectivity index (χ4n) is 4.36. The van der Waals surface area contributed by atoms with E-state index in [2.05, 4.69) is 26.0 Å². The Morgan fingerprint density at radius 3 is 1.88 bits per heavy atom. The van der Waals surface area contributed by atoms with Gasteiger partial charge in [0.2, 0.25) is 0 Å². The summed E-state index contributed by atoms with van der Waals surface area (Å²) in [5.41, 5.74) is 0. The predicted molar refractivity (Wildman–Crippen MR) is 168 cm³/mol. The predicted octanol–water partition coefficient (Wildman–Crippen LogP) is 7.80. The molecule has 0 radical (unpaired) electrons. The molecule has 0 heterocycles. The van der Waals surface area contributed by atoms with Crippen LogP contribution in [0.1, 0.15) is 142 Å². The summed E-state index contributed by atoms with van der Waals surface area (Å²) in [6, 6.07) is 0. The molecule has 0 saturated heterocycles. The third-order valence-corrected chi connectivity index (χ3v) is 7.88. The van der Waals surface area contributed by atoms with Crippen LogP contribution in [0.3, 0.4) is 0 Å². The minimum atomic E-state index is -4.50. The van der Waals surface area contributed by atoms with Crippen LogP contribution in [-0.4, -0.2) is 66.3 Å². The van der Waals surface area contributed by atoms with Gasteiger partial charge in [0.1, 0.15) is 12.2 Å². The van der Waals surface area contributed by atoms with Gasteiger partial charge in [0.05, 0.1) is 26.4 Å². The molecule has 42 heavy (non-hydrogen) atoms. The van der Waals surface area contributed by atoms with Gasteiger partial charge in [-0.15, -0.1) is 0 Å². The first-order valence-electron chi connectivity index (χ1n) is 16.7. The normalized spacial score (nSPS) is 14.7. The molecule has 0 aliphatic carbocycles. The molecule has 0 aromatic rings. The van der Waals surface area contributed by atoms with E-state index in [1.54, 1.807) is 0 Å². The van der Waals surface area contributed by atoms with Gasteiger partial charge in [-0.3, -0.25) is 13.8 Å². The van der Waals surface area contributed by atoms with Crippen molar-refractivity contribution in [1.29, 1.82) is 0 Å². The van der Waals surface area contributed by atoms with E-state index in [9.17, 15) is 19.4 Å². The lowest BCUT2D eigenvalue weighted by atomic mass is 10.1. The highest BCUT2D eigenvalue weighted by molar-refractivity contribution is 7.47. The Hall–Kier alpha value is -0.800. The Bertz CT molecular complexity index is 674. The molecule has 3 unspecified atom stereocenters. The first kappa shape index (κ1) is 41.2. The molecular weight excluding hydrogens is 559 g/mol. The topological polar surface area (TPSA) is 132 Å². The molecule has 0 aromatic carbocycles. The number of hydrogen-bond donors (Lipinski definition) is 3. The Kier molecular flexibility index (Phi) is 29.7. The van der Waals surface area contributed by atoms with Crippen LogP contribution >= 0.6 is 7.82 Å². The van der Waals surface area contributed by atoms with E-state index in [1.807, 2.05) is 0 Å². The molecule has 0 saturated carbocycles. The van der Waals surface area contributed by atoms with Gasteiger partial charge in [0.25, 0.3) is 0 Å². The Balaban J connectivity index is 4.30. The highest BCUT2D eigenvalue weighted by atomic mass is 31.2. The Morgan fingerprint density at radius 1 is 0.714 bits per heavy atom. The van der Waals surface area contributed by atoms with E-state index >= 15 is 0 Å². The van der Waals surface area contributed by atoms with Crippen LogP contribution in [0.2, 0.25) is 0 Å². The van der Waals surface area contributed by atoms with E-state index in [1.165, 1.54) is 64.2 Å². The highest BCUT2D eigenvalue weighted by Gasteiger charge is 2.26. The molecule has 0 aliphatic heterocycles. The van der Waals surface area contributed by atoms with Gasteiger partial charge in [-0.1, -0.05) is 116 Å². The van der Waals surface area contributed by atoms with E-state index in [0.29, 0.717) is 6.61 Å². The van der Waals surface area contributed by atoms with Crippen molar-refractivity contribution in [3.8, 4) is 0 Å². The highest BCUT2D eigenvalue weighted by Crippen LogP contribution is 2.43. The van der Waals surface area contributed by atoms with Crippen molar-refractivity contribution >= 4 is 13.8 Å². The maximum atomic E-state index is 12.4. The minimum Gasteiger partial charge on any atom is -0.457 e. The number of carbonyl (C=O) groups is 1. The van der Waals surface area contributed by atoms with Crippen LogP contribution in [0.25, 0.3) is 0 Å². The Morgan fingerprint density at radius 2 is 1.26 bits per heavy atom. The number of esters is 1. The zero-order valence-corrected chi connectivity index (χ0v) is 27.6. The summed E-state index contributed by atoms with van der Waals surface area (Å²) in [6.07, 6.45) is 24.6. The number of ether oxygens (including phenoxy) is 2. The van der Waals surface area contributed by atoms with Crippen molar-refractivity contribution in [2.75, 3.05) is 33.0 Å². The number of hydrogen-bond acceptors (Lipinski definition) is 8. The number of aliphatic hydroxyl groups excluding tert-OH is 2. The SMILES string of the molecule is CCC/C=C\CCCCCCCC(=O)OC(COCCCCCCCCCCCCC)COP(=O)(O)OCC(O)CO. The zero-order valence-electron chi connectivity index (χ0n) is 26.7. The first-order chi connectivity index (χ1) is 20.3. The van der Waals surface area contributed by atoms with Gasteiger partial charge in [0, 0.05) is 13.0 Å². The molecule has 0 aromatic heterocycles. The third kappa shape index (κ3) is 29.3. The van der Waals surface area contributed by atoms with Gasteiger partial charge in [-0.05, 0) is 32.1 Å². The minimum absolute atomic E-state index is 0.0499. The van der Waals surface area contributed by atoms with Gasteiger partial charge in [-0.2, -0.15) is 0 Å². The monoisotopic (exact) mass is 622 g/mol. The lowest BCUT2D eigenvalue weighted by molar-refractivity contribution is -0.154. The van der Waals surface area contributed by atoms with Crippen molar-refractivity contribution < 1.29 is 43.0 Å². The summed E-state index contributed by atoms with van der Waals surface area (Å²) in [7, 11) is -4.50. The van der Waals surface area contributed by atoms with Crippen molar-refractivity contribution in [3.05, 3.63) is 12.2 Å². The second-order valence-electron chi connectivity index (χ2n) is 11.2. The van der Waals surface area contributed by atoms with E-state index in [-0.39, 0.29) is 19.6 Å². The first-order valence-corrected chi connectivity index (χ1v) is 18.2. The molecule has 0 fully saturated rings. The lowest BCUT2D eigenvalue weighted by Gasteiger charge is -2.20. The average Bonchev–Trinajstić information content (AvgIpc) is 2.97. The second-order valence-corrected chi connectivity index (χ2v) is 12.6. The quantitative estimate of drug-likeness (QED) is 0.0297. The molecule has 0 rings (SSSR count). The fourth-order valence-corrected chi connectivity index (χ4v) is 5.15. The maximum Gasteiger partial charge on any atom is 0.472 e. The standard InChI is InChI=1S/C32H63O9P/c1-3-5-7-9-11-13-15-17-19-21-23-25-38-28-31(29-40-42(36,37)39-27-30(34)26-33)41-32(35)24-22-20-18-16-14-12-10-8-6-4-2/h8,10,30-31,33-34H,3-7,9,11-29H2,1-2H3,(H,36,37)/b10-8-. The Labute approximate surface area is 256 Å². The fraction of sp³-hybridized carbons (Fsp3) is 0.906. The molecule has 0 amide bonds. The summed E-state index contributed by atoms with van der Waals surface area (Å²) in [6.45, 7) is 3.42. The molecule has 0 spiro atoms. The van der Waals surface area contributed by atoms with Crippen LogP contribution < -0.4 is 0 Å². The van der Waals surface area contributed by atoms with Gasteiger partial charge in [-0.25, -0.2) is 4.57 Å². The number of unbranched alkanes of at least 4 members (excludes halogenated alkanes) is 16. The van der Waals surface area contributed by atoms with Crippen LogP contribution in [0.5, 0.6) is 0 Å². The van der Waals surface area contributed by atoms with Crippen LogP contribution in [0.4, 0.5) is 0 Å². The number of phosphoric acid groups is 1. The summed E-state index contributed by atoms with van der Waals surface area (Å²) in [5, 5.41) is 18.2. The third-order valence-electron chi connectivity index (χ3n) is 6.93. The molecule has 9 nitrogen and oxygen atoms in total. The van der Waals surface area contributed by atoms with Gasteiger partial charge < -0.3 is 24.6 Å². The van der Waals surface area contributed by atoms with Crippen molar-refractivity contribution in [2.45, 2.75) is 154 Å². The van der Waals surface area contributed by atoms with E-state index in [4.69, 9.17) is 23.6 Å². The molecule has 0 aliphatic rings. The van der Waals surface area contributed by atoms with Crippen LogP contribution in [0.15, 0.2) is 12.2 Å². The van der Waals surface area contributed by atoms with Crippen LogP contribution in [-0.2, 0) is 27.9 Å². The summed E-state index contributed by atoms with van der Waals surface area (Å²) < 4.78 is 33.0. The molecule has 3 N–H and O–H groups in total. The summed E-state index contributed by atoms with van der Waals surface area (Å²) in [5.74, 6) is -0.395. The number of rotatable bonds is 32. The molecule has 0 bridgehead atoms. The number of carbonyl (C=O) groups excluding carboxylic acids is 1. The van der Waals surface area contributed by atoms with Gasteiger partial charge >= 0.3 is 13.8 Å². The molecule has 10 heteroatoms.